The van der Waals surface area contributed by atoms with Crippen LogP contribution < -0.4 is 14.5 Å². The van der Waals surface area contributed by atoms with Crippen LogP contribution >= 0.6 is 11.6 Å². The van der Waals surface area contributed by atoms with Crippen LogP contribution in [0.4, 0.5) is 11.4 Å². The topological polar surface area (TPSA) is 53.9 Å². The molecule has 0 radical (unpaired) electrons. The summed E-state index contributed by atoms with van der Waals surface area (Å²) in [5, 5.41) is 0.509. The van der Waals surface area contributed by atoms with Gasteiger partial charge in [-0.2, -0.15) is 0 Å². The number of piperazine rings is 1. The zero-order chi connectivity index (χ0) is 19.6. The van der Waals surface area contributed by atoms with Crippen LogP contribution in [-0.4, -0.2) is 41.1 Å². The number of anilines is 2. The van der Waals surface area contributed by atoms with E-state index in [1.54, 1.807) is 24.0 Å². The molecule has 2 aromatic rings. The van der Waals surface area contributed by atoms with E-state index in [0.29, 0.717) is 15.6 Å². The highest BCUT2D eigenvalue weighted by molar-refractivity contribution is 7.92. The Bertz CT molecular complexity index is 923. The number of nitrogens with one attached hydrogen (secondary N) is 2. The van der Waals surface area contributed by atoms with Gasteiger partial charge in [-0.1, -0.05) is 23.7 Å². The number of sulfonamides is 1. The lowest BCUT2D eigenvalue weighted by molar-refractivity contribution is -0.898. The summed E-state index contributed by atoms with van der Waals surface area (Å²) in [6.45, 7) is 10.9. The molecular weight excluding hydrogens is 382 g/mol. The lowest BCUT2D eigenvalue weighted by Gasteiger charge is -2.34. The first-order chi connectivity index (χ1) is 12.8. The molecule has 1 aliphatic rings. The molecule has 7 heteroatoms. The molecule has 5 nitrogen and oxygen atoms in total. The summed E-state index contributed by atoms with van der Waals surface area (Å²) in [6, 6.07) is 10.8. The summed E-state index contributed by atoms with van der Waals surface area (Å²) in [6.07, 6.45) is 0. The van der Waals surface area contributed by atoms with Crippen LogP contribution in [0.5, 0.6) is 0 Å². The molecule has 0 unspecified atom stereocenters. The number of hydrogen-bond acceptors (Lipinski definition) is 3. The monoisotopic (exact) mass is 408 g/mol. The van der Waals surface area contributed by atoms with Crippen molar-refractivity contribution in [2.24, 2.45) is 0 Å². The summed E-state index contributed by atoms with van der Waals surface area (Å²) in [5.41, 5.74) is 3.04. The highest BCUT2D eigenvalue weighted by Gasteiger charge is 2.24. The van der Waals surface area contributed by atoms with E-state index >= 15 is 0 Å². The van der Waals surface area contributed by atoms with Crippen molar-refractivity contribution in [3.05, 3.63) is 52.5 Å². The number of aryl methyl sites for hydroxylation is 2. The second kappa shape index (κ2) is 8.09. The van der Waals surface area contributed by atoms with Crippen LogP contribution in [0.1, 0.15) is 18.1 Å². The summed E-state index contributed by atoms with van der Waals surface area (Å²) in [5.74, 6) is 0. The number of nitrogens with zero attached hydrogens (tertiary/aromatic N) is 1. The minimum absolute atomic E-state index is 0.300. The maximum atomic E-state index is 13.0. The maximum Gasteiger partial charge on any atom is 0.262 e. The Kier molecular flexibility index (Phi) is 5.99. The van der Waals surface area contributed by atoms with E-state index in [1.165, 1.54) is 0 Å². The summed E-state index contributed by atoms with van der Waals surface area (Å²) >= 11 is 6.18. The largest absolute Gasteiger partial charge is 0.359 e. The molecule has 0 saturated carbocycles. The van der Waals surface area contributed by atoms with E-state index in [2.05, 4.69) is 16.5 Å². The van der Waals surface area contributed by atoms with Crippen molar-refractivity contribution >= 4 is 33.0 Å². The maximum absolute atomic E-state index is 13.0. The minimum Gasteiger partial charge on any atom is -0.359 e. The number of halogens is 1. The Balaban J connectivity index is 1.92. The molecule has 27 heavy (non-hydrogen) atoms. The minimum atomic E-state index is -3.70. The van der Waals surface area contributed by atoms with E-state index in [1.807, 2.05) is 31.2 Å². The summed E-state index contributed by atoms with van der Waals surface area (Å²) < 4.78 is 28.9. The summed E-state index contributed by atoms with van der Waals surface area (Å²) in [4.78, 5) is 4.10. The zero-order valence-corrected chi connectivity index (χ0v) is 17.6. The van der Waals surface area contributed by atoms with Crippen LogP contribution in [0.25, 0.3) is 0 Å². The van der Waals surface area contributed by atoms with Gasteiger partial charge in [0.25, 0.3) is 10.0 Å². The van der Waals surface area contributed by atoms with E-state index < -0.39 is 10.0 Å². The fourth-order valence-corrected chi connectivity index (χ4v) is 5.05. The Labute approximate surface area is 167 Å². The molecule has 0 aliphatic carbocycles. The molecule has 1 aliphatic heterocycles. The smallest absolute Gasteiger partial charge is 0.262 e. The Morgan fingerprint density at radius 3 is 2.48 bits per heavy atom. The van der Waals surface area contributed by atoms with Crippen molar-refractivity contribution in [2.75, 3.05) is 42.3 Å². The quantitative estimate of drug-likeness (QED) is 0.799. The van der Waals surface area contributed by atoms with Gasteiger partial charge in [-0.05, 0) is 56.2 Å². The number of likely N-dealkylation sites (N-methyl/N-ethyl adjacent to an activating group) is 1. The third-order valence-electron chi connectivity index (χ3n) is 5.15. The second-order valence-corrected chi connectivity index (χ2v) is 9.21. The zero-order valence-electron chi connectivity index (χ0n) is 16.0. The molecule has 0 spiro atoms. The third-order valence-corrected chi connectivity index (χ3v) is 6.89. The molecule has 3 rings (SSSR count). The van der Waals surface area contributed by atoms with Gasteiger partial charge in [-0.15, -0.1) is 0 Å². The second-order valence-electron chi connectivity index (χ2n) is 7.13. The van der Waals surface area contributed by atoms with Crippen LogP contribution in [-0.2, 0) is 10.0 Å². The van der Waals surface area contributed by atoms with Gasteiger partial charge in [-0.25, -0.2) is 8.42 Å². The fraction of sp³-hybridized carbons (Fsp3) is 0.400. The lowest BCUT2D eigenvalue weighted by atomic mass is 10.2. The fourth-order valence-electron chi connectivity index (χ4n) is 3.48. The Morgan fingerprint density at radius 2 is 1.81 bits per heavy atom. The molecule has 2 N–H and O–H groups in total. The molecule has 146 valence electrons. The molecule has 2 aromatic carbocycles. The van der Waals surface area contributed by atoms with Gasteiger partial charge in [0.1, 0.15) is 0 Å². The summed E-state index contributed by atoms with van der Waals surface area (Å²) in [7, 11) is -3.70. The molecule has 1 heterocycles. The predicted octanol–water partition coefficient (Wildman–Crippen LogP) is 2.48. The van der Waals surface area contributed by atoms with Crippen molar-refractivity contribution in [1.82, 2.24) is 0 Å². The molecule has 1 saturated heterocycles. The van der Waals surface area contributed by atoms with Crippen LogP contribution in [0, 0.1) is 13.8 Å². The van der Waals surface area contributed by atoms with E-state index in [-0.39, 0.29) is 0 Å². The Morgan fingerprint density at radius 1 is 1.11 bits per heavy atom. The number of rotatable bonds is 5. The molecular formula is C20H27ClN3O2S+. The van der Waals surface area contributed by atoms with E-state index in [9.17, 15) is 8.42 Å². The van der Waals surface area contributed by atoms with E-state index in [4.69, 9.17) is 11.6 Å². The molecule has 1 fully saturated rings. The molecule has 0 aromatic heterocycles. The SMILES string of the molecule is CC[NH+]1CCN(c2ccc(Cl)cc2NS(=O)(=O)c2cc(C)ccc2C)CC1. The van der Waals surface area contributed by atoms with Crippen LogP contribution in [0.2, 0.25) is 5.02 Å². The highest BCUT2D eigenvalue weighted by atomic mass is 35.5. The highest BCUT2D eigenvalue weighted by Crippen LogP contribution is 2.32. The van der Waals surface area contributed by atoms with Crippen molar-refractivity contribution in [1.29, 1.82) is 0 Å². The average Bonchev–Trinajstić information content (AvgIpc) is 2.63. The van der Waals surface area contributed by atoms with Gasteiger partial charge in [-0.3, -0.25) is 4.72 Å². The normalized spacial score (nSPS) is 15.8. The molecule has 0 bridgehead atoms. The van der Waals surface area contributed by atoms with Crippen molar-refractivity contribution in [2.45, 2.75) is 25.7 Å². The van der Waals surface area contributed by atoms with E-state index in [0.717, 1.165) is 49.5 Å². The van der Waals surface area contributed by atoms with Gasteiger partial charge >= 0.3 is 0 Å². The standard InChI is InChI=1S/C20H26ClN3O2S/c1-4-23-9-11-24(12-10-23)19-8-7-17(21)14-18(19)22-27(25,26)20-13-15(2)5-6-16(20)3/h5-8,13-14,22H,4,9-12H2,1-3H3/p+1. The van der Waals surface area contributed by atoms with Gasteiger partial charge in [0, 0.05) is 5.02 Å². The predicted molar refractivity (Wildman–Crippen MR) is 112 cm³/mol. The lowest BCUT2D eigenvalue weighted by Crippen LogP contribution is -3.14. The first-order valence-electron chi connectivity index (χ1n) is 9.28. The number of hydrogen-bond donors (Lipinski definition) is 2. The Hall–Kier alpha value is -1.76. The first-order valence-corrected chi connectivity index (χ1v) is 11.1. The molecule has 0 atom stereocenters. The van der Waals surface area contributed by atoms with Crippen molar-refractivity contribution in [3.8, 4) is 0 Å². The van der Waals surface area contributed by atoms with Gasteiger partial charge in [0.15, 0.2) is 0 Å². The van der Waals surface area contributed by atoms with Crippen LogP contribution in [0.15, 0.2) is 41.3 Å². The number of benzene rings is 2. The van der Waals surface area contributed by atoms with Gasteiger partial charge in [0.05, 0.1) is 49.0 Å². The third kappa shape index (κ3) is 4.57. The van der Waals surface area contributed by atoms with Gasteiger partial charge in [0.2, 0.25) is 0 Å². The number of quaternary nitrogens is 1. The van der Waals surface area contributed by atoms with Crippen molar-refractivity contribution in [3.63, 3.8) is 0 Å². The average molecular weight is 409 g/mol. The van der Waals surface area contributed by atoms with Crippen LogP contribution in [0.3, 0.4) is 0 Å². The first kappa shape index (κ1) is 20.0. The molecule has 0 amide bonds. The van der Waals surface area contributed by atoms with Crippen molar-refractivity contribution < 1.29 is 13.3 Å². The van der Waals surface area contributed by atoms with Gasteiger partial charge < -0.3 is 9.80 Å².